The summed E-state index contributed by atoms with van der Waals surface area (Å²) in [7, 11) is 1.57. The second-order valence-corrected chi connectivity index (χ2v) is 6.74. The summed E-state index contributed by atoms with van der Waals surface area (Å²) in [6.45, 7) is 1.97. The number of fused-ring (bicyclic) bond motifs is 3. The number of para-hydroxylation sites is 1. The standard InChI is InChI=1S/C24H20N2O4/c1-3-29-24(27)21-15-10-6-4-5-9-14(15)20-19(16-11-7-8-12-18(16)28-2)17(13-25)23(26)30-22(20)21/h4-12,19H,3,26H2,1-2H3. The smallest absolute Gasteiger partial charge is 0.342 e. The number of ether oxygens (including phenoxy) is 3. The van der Waals surface area contributed by atoms with Crippen LogP contribution in [0.5, 0.6) is 11.5 Å². The Hall–Kier alpha value is -3.98. The number of benzene rings is 1. The highest BCUT2D eigenvalue weighted by molar-refractivity contribution is 6.05. The number of nitrogens with zero attached hydrogens (tertiary/aromatic N) is 1. The molecule has 30 heavy (non-hydrogen) atoms. The molecule has 0 amide bonds. The first kappa shape index (κ1) is 19.3. The Kier molecular flexibility index (Phi) is 5.03. The molecule has 0 saturated carbocycles. The van der Waals surface area contributed by atoms with Crippen LogP contribution in [0.4, 0.5) is 0 Å². The van der Waals surface area contributed by atoms with E-state index in [9.17, 15) is 10.1 Å². The van der Waals surface area contributed by atoms with E-state index in [1.54, 1.807) is 14.0 Å². The van der Waals surface area contributed by atoms with Gasteiger partial charge in [0.2, 0.25) is 5.88 Å². The van der Waals surface area contributed by atoms with Crippen LogP contribution in [0.1, 0.15) is 34.3 Å². The summed E-state index contributed by atoms with van der Waals surface area (Å²) in [5, 5.41) is 9.90. The minimum Gasteiger partial charge on any atom is -0.496 e. The van der Waals surface area contributed by atoms with Crippen molar-refractivity contribution < 1.29 is 19.0 Å². The summed E-state index contributed by atoms with van der Waals surface area (Å²) in [5.74, 6) is -0.152. The number of carbonyl (C=O) groups excluding carboxylic acids is 1. The van der Waals surface area contributed by atoms with Gasteiger partial charge >= 0.3 is 5.97 Å². The molecule has 0 spiro atoms. The lowest BCUT2D eigenvalue weighted by Crippen LogP contribution is -2.21. The lowest BCUT2D eigenvalue weighted by molar-refractivity contribution is 0.0524. The minimum atomic E-state index is -0.553. The molecule has 0 fully saturated rings. The highest BCUT2D eigenvalue weighted by atomic mass is 16.5. The number of hydrogen-bond acceptors (Lipinski definition) is 6. The lowest BCUT2D eigenvalue weighted by atomic mass is 9.82. The number of hydrogen-bond donors (Lipinski definition) is 1. The van der Waals surface area contributed by atoms with Crippen molar-refractivity contribution in [3.63, 3.8) is 0 Å². The summed E-state index contributed by atoms with van der Waals surface area (Å²) in [6, 6.07) is 19.0. The third-order valence-corrected chi connectivity index (χ3v) is 5.17. The van der Waals surface area contributed by atoms with Crippen LogP contribution in [0.15, 0.2) is 66.1 Å². The Morgan fingerprint density at radius 1 is 1.13 bits per heavy atom. The van der Waals surface area contributed by atoms with E-state index in [2.05, 4.69) is 6.07 Å². The van der Waals surface area contributed by atoms with Gasteiger partial charge in [0.05, 0.1) is 19.6 Å². The van der Waals surface area contributed by atoms with Crippen molar-refractivity contribution in [3.8, 4) is 28.7 Å². The molecule has 2 N–H and O–H groups in total. The van der Waals surface area contributed by atoms with Crippen molar-refractivity contribution in [3.05, 3.63) is 82.7 Å². The van der Waals surface area contributed by atoms with Gasteiger partial charge in [-0.1, -0.05) is 48.5 Å². The van der Waals surface area contributed by atoms with E-state index < -0.39 is 11.9 Å². The molecule has 150 valence electrons. The van der Waals surface area contributed by atoms with E-state index in [1.807, 2.05) is 54.6 Å². The maximum Gasteiger partial charge on any atom is 0.342 e. The van der Waals surface area contributed by atoms with Crippen molar-refractivity contribution in [1.29, 1.82) is 5.26 Å². The van der Waals surface area contributed by atoms with Gasteiger partial charge in [-0.05, 0) is 18.6 Å². The molecule has 1 aliphatic heterocycles. The molecule has 1 heterocycles. The average Bonchev–Trinajstić information content (AvgIpc) is 2.89. The Labute approximate surface area is 174 Å². The summed E-state index contributed by atoms with van der Waals surface area (Å²) >= 11 is 0. The fraction of sp³-hybridized carbons (Fsp3) is 0.167. The zero-order valence-corrected chi connectivity index (χ0v) is 16.6. The highest BCUT2D eigenvalue weighted by Crippen LogP contribution is 2.53. The summed E-state index contributed by atoms with van der Waals surface area (Å²) in [6.07, 6.45) is 0. The average molecular weight is 400 g/mol. The fourth-order valence-electron chi connectivity index (χ4n) is 3.97. The predicted molar refractivity (Wildman–Crippen MR) is 111 cm³/mol. The van der Waals surface area contributed by atoms with Gasteiger partial charge in [-0.15, -0.1) is 0 Å². The summed E-state index contributed by atoms with van der Waals surface area (Å²) in [4.78, 5) is 12.9. The number of nitriles is 1. The maximum absolute atomic E-state index is 12.9. The molecule has 1 unspecified atom stereocenters. The van der Waals surface area contributed by atoms with Gasteiger partial charge in [0, 0.05) is 16.7 Å². The Morgan fingerprint density at radius 2 is 1.83 bits per heavy atom. The molecule has 4 rings (SSSR count). The number of rotatable bonds is 4. The molecular formula is C24H20N2O4. The fourth-order valence-corrected chi connectivity index (χ4v) is 3.97. The van der Waals surface area contributed by atoms with Crippen molar-refractivity contribution >= 4 is 5.97 Å². The van der Waals surface area contributed by atoms with Crippen LogP contribution in [0, 0.1) is 11.3 Å². The van der Waals surface area contributed by atoms with Gasteiger partial charge in [-0.25, -0.2) is 4.79 Å². The molecule has 0 saturated heterocycles. The van der Waals surface area contributed by atoms with Crippen LogP contribution in [0.3, 0.4) is 0 Å². The predicted octanol–water partition coefficient (Wildman–Crippen LogP) is 4.19. The molecule has 0 aromatic heterocycles. The van der Waals surface area contributed by atoms with Gasteiger partial charge in [-0.2, -0.15) is 5.26 Å². The van der Waals surface area contributed by atoms with E-state index in [0.29, 0.717) is 28.2 Å². The first-order valence-corrected chi connectivity index (χ1v) is 9.54. The van der Waals surface area contributed by atoms with E-state index in [1.165, 1.54) is 0 Å². The largest absolute Gasteiger partial charge is 0.496 e. The summed E-state index contributed by atoms with van der Waals surface area (Å²) < 4.78 is 16.7. The van der Waals surface area contributed by atoms with Gasteiger partial charge in [0.1, 0.15) is 28.7 Å². The normalized spacial score (nSPS) is 15.2. The maximum atomic E-state index is 12.9. The quantitative estimate of drug-likeness (QED) is 0.660. The Balaban J connectivity index is 2.09. The van der Waals surface area contributed by atoms with Crippen LogP contribution >= 0.6 is 0 Å². The van der Waals surface area contributed by atoms with Crippen LogP contribution < -0.4 is 15.2 Å². The SMILES string of the molecule is CCOC(=O)c1c2cccccc-2c2c1OC(N)=C(C#N)C2c1ccccc1OC. The van der Waals surface area contributed by atoms with E-state index in [-0.39, 0.29) is 18.1 Å². The van der Waals surface area contributed by atoms with E-state index in [4.69, 9.17) is 19.9 Å². The lowest BCUT2D eigenvalue weighted by Gasteiger charge is -2.26. The minimum absolute atomic E-state index is 0.0360. The van der Waals surface area contributed by atoms with E-state index in [0.717, 1.165) is 11.1 Å². The Morgan fingerprint density at radius 3 is 2.53 bits per heavy atom. The monoisotopic (exact) mass is 400 g/mol. The van der Waals surface area contributed by atoms with Crippen molar-refractivity contribution in [2.24, 2.45) is 5.73 Å². The molecule has 1 aromatic rings. The number of carbonyl (C=O) groups is 1. The molecule has 0 radical (unpaired) electrons. The zero-order valence-electron chi connectivity index (χ0n) is 16.6. The molecule has 6 heteroatoms. The van der Waals surface area contributed by atoms with Crippen molar-refractivity contribution in [1.82, 2.24) is 0 Å². The number of nitrogens with two attached hydrogens (primary N) is 1. The molecule has 2 aliphatic carbocycles. The Bertz CT molecular complexity index is 1180. The molecule has 0 bridgehead atoms. The van der Waals surface area contributed by atoms with Gasteiger partial charge < -0.3 is 19.9 Å². The van der Waals surface area contributed by atoms with Gasteiger partial charge in [-0.3, -0.25) is 0 Å². The third-order valence-electron chi connectivity index (χ3n) is 5.17. The molecular weight excluding hydrogens is 380 g/mol. The van der Waals surface area contributed by atoms with Crippen molar-refractivity contribution in [2.45, 2.75) is 12.8 Å². The second kappa shape index (κ2) is 7.80. The number of allylic oxidation sites excluding steroid dienone is 1. The molecule has 3 aliphatic rings. The highest BCUT2D eigenvalue weighted by Gasteiger charge is 2.40. The third kappa shape index (κ3) is 2.92. The van der Waals surface area contributed by atoms with E-state index >= 15 is 0 Å². The number of methoxy groups -OCH3 is 1. The second-order valence-electron chi connectivity index (χ2n) is 6.74. The molecule has 6 nitrogen and oxygen atoms in total. The number of esters is 1. The van der Waals surface area contributed by atoms with Crippen molar-refractivity contribution in [2.75, 3.05) is 13.7 Å². The van der Waals surface area contributed by atoms with Crippen LogP contribution in [-0.2, 0) is 4.74 Å². The molecule has 1 atom stereocenters. The summed E-state index contributed by atoms with van der Waals surface area (Å²) in [5.41, 5.74) is 9.64. The van der Waals surface area contributed by atoms with Gasteiger partial charge in [0.15, 0.2) is 0 Å². The van der Waals surface area contributed by atoms with Crippen LogP contribution in [-0.4, -0.2) is 19.7 Å². The van der Waals surface area contributed by atoms with Crippen LogP contribution in [0.2, 0.25) is 0 Å². The zero-order chi connectivity index (χ0) is 21.3. The first-order valence-electron chi connectivity index (χ1n) is 9.54. The molecule has 1 aromatic carbocycles. The topological polar surface area (TPSA) is 94.6 Å². The van der Waals surface area contributed by atoms with Gasteiger partial charge in [0.25, 0.3) is 0 Å². The van der Waals surface area contributed by atoms with Crippen LogP contribution in [0.25, 0.3) is 11.1 Å². The first-order chi connectivity index (χ1) is 14.6.